The molecular formula is C20H30ClNO2. The Bertz CT molecular complexity index is 634. The summed E-state index contributed by atoms with van der Waals surface area (Å²) >= 11 is 0. The maximum absolute atomic E-state index is 10.6. The number of phenolic OH excluding ortho intramolecular Hbond substituents is 1. The fourth-order valence-electron chi connectivity index (χ4n) is 6.49. The van der Waals surface area contributed by atoms with E-state index < -0.39 is 0 Å². The number of likely N-dealkylation sites (N-methyl/N-ethyl adjacent to an activating group) is 1. The topological polar surface area (TPSA) is 52.5 Å². The lowest BCUT2D eigenvalue weighted by Crippen LogP contribution is -2.50. The molecule has 0 spiro atoms. The van der Waals surface area contributed by atoms with Gasteiger partial charge in [-0.1, -0.05) is 6.92 Å². The van der Waals surface area contributed by atoms with Gasteiger partial charge >= 0.3 is 0 Å². The summed E-state index contributed by atoms with van der Waals surface area (Å²) in [6.07, 6.45) is 5.39. The Kier molecular flexibility index (Phi) is 4.65. The van der Waals surface area contributed by atoms with Crippen molar-refractivity contribution in [2.45, 2.75) is 64.0 Å². The smallest absolute Gasteiger partial charge is 0.116 e. The van der Waals surface area contributed by atoms with Gasteiger partial charge in [0, 0.05) is 6.04 Å². The predicted molar refractivity (Wildman–Crippen MR) is 98.9 cm³/mol. The van der Waals surface area contributed by atoms with Crippen LogP contribution in [0.5, 0.6) is 5.75 Å². The molecule has 134 valence electrons. The van der Waals surface area contributed by atoms with E-state index in [1.807, 2.05) is 19.2 Å². The molecular weight excluding hydrogens is 322 g/mol. The number of hydrogen-bond donors (Lipinski definition) is 3. The van der Waals surface area contributed by atoms with Gasteiger partial charge in [0.2, 0.25) is 0 Å². The second-order valence-electron chi connectivity index (χ2n) is 8.36. The third kappa shape index (κ3) is 2.40. The van der Waals surface area contributed by atoms with Crippen molar-refractivity contribution in [3.8, 4) is 5.75 Å². The van der Waals surface area contributed by atoms with E-state index in [0.29, 0.717) is 23.5 Å². The number of hydrogen-bond acceptors (Lipinski definition) is 3. The minimum Gasteiger partial charge on any atom is -0.508 e. The van der Waals surface area contributed by atoms with Gasteiger partial charge < -0.3 is 15.5 Å². The first-order valence-corrected chi connectivity index (χ1v) is 9.13. The van der Waals surface area contributed by atoms with E-state index in [0.717, 1.165) is 12.8 Å². The minimum atomic E-state index is -0.212. The van der Waals surface area contributed by atoms with Gasteiger partial charge in [0.05, 0.1) is 6.10 Å². The van der Waals surface area contributed by atoms with Crippen LogP contribution in [0.15, 0.2) is 12.1 Å². The van der Waals surface area contributed by atoms with Crippen LogP contribution in [-0.4, -0.2) is 29.4 Å². The van der Waals surface area contributed by atoms with Crippen molar-refractivity contribution in [3.05, 3.63) is 28.8 Å². The van der Waals surface area contributed by atoms with E-state index >= 15 is 0 Å². The van der Waals surface area contributed by atoms with Crippen LogP contribution in [0.2, 0.25) is 0 Å². The van der Waals surface area contributed by atoms with Crippen LogP contribution < -0.4 is 5.32 Å². The van der Waals surface area contributed by atoms with Crippen molar-refractivity contribution in [2.75, 3.05) is 7.05 Å². The third-order valence-corrected chi connectivity index (χ3v) is 7.35. The molecule has 2 saturated carbocycles. The molecule has 0 unspecified atom stereocenters. The first-order valence-electron chi connectivity index (χ1n) is 9.13. The monoisotopic (exact) mass is 351 g/mol. The Morgan fingerprint density at radius 3 is 2.71 bits per heavy atom. The Balaban J connectivity index is 0.00000169. The van der Waals surface area contributed by atoms with E-state index in [1.54, 1.807) is 0 Å². The summed E-state index contributed by atoms with van der Waals surface area (Å²) in [5.74, 6) is 2.31. The Morgan fingerprint density at radius 2 is 2.00 bits per heavy atom. The molecule has 0 heterocycles. The molecule has 3 N–H and O–H groups in total. The van der Waals surface area contributed by atoms with Gasteiger partial charge in [0.25, 0.3) is 0 Å². The standard InChI is InChI=1S/C20H29NO2.ClH/c1-11-8-13(22)9-12-4-5-14-15(18(11)12)6-7-20(2)16(14)10-17(23)19(20)21-3;/h8-9,14-17,19,21-23H,4-7,10H2,1-3H3;1H/t14-,15+,16+,17-,19+,20+;/m1./s1. The van der Waals surface area contributed by atoms with Crippen LogP contribution >= 0.6 is 12.4 Å². The van der Waals surface area contributed by atoms with Crippen molar-refractivity contribution in [1.82, 2.24) is 5.32 Å². The number of aliphatic hydroxyl groups excluding tert-OH is 1. The van der Waals surface area contributed by atoms with Crippen molar-refractivity contribution < 1.29 is 10.2 Å². The van der Waals surface area contributed by atoms with Gasteiger partial charge in [-0.25, -0.2) is 0 Å². The second-order valence-corrected chi connectivity index (χ2v) is 8.36. The fraction of sp³-hybridized carbons (Fsp3) is 0.700. The van der Waals surface area contributed by atoms with Crippen LogP contribution in [0.4, 0.5) is 0 Å². The van der Waals surface area contributed by atoms with Gasteiger partial charge in [-0.2, -0.15) is 0 Å². The summed E-state index contributed by atoms with van der Waals surface area (Å²) < 4.78 is 0. The number of nitrogens with one attached hydrogen (secondary N) is 1. The maximum atomic E-state index is 10.6. The molecule has 0 amide bonds. The average Bonchev–Trinajstić information content (AvgIpc) is 2.76. The van der Waals surface area contributed by atoms with Crippen LogP contribution in [0, 0.1) is 24.2 Å². The highest BCUT2D eigenvalue weighted by molar-refractivity contribution is 5.85. The molecule has 4 rings (SSSR count). The van der Waals surface area contributed by atoms with Crippen LogP contribution in [0.3, 0.4) is 0 Å². The minimum absolute atomic E-state index is 0. The fourth-order valence-corrected chi connectivity index (χ4v) is 6.49. The van der Waals surface area contributed by atoms with Crippen molar-refractivity contribution in [1.29, 1.82) is 0 Å². The molecule has 0 aliphatic heterocycles. The van der Waals surface area contributed by atoms with Gasteiger partial charge in [0.15, 0.2) is 0 Å². The molecule has 4 heteroatoms. The Morgan fingerprint density at radius 1 is 1.25 bits per heavy atom. The zero-order chi connectivity index (χ0) is 16.4. The molecule has 3 nitrogen and oxygen atoms in total. The predicted octanol–water partition coefficient (Wildman–Crippen LogP) is 3.54. The summed E-state index contributed by atoms with van der Waals surface area (Å²) in [5, 5.41) is 23.9. The van der Waals surface area contributed by atoms with Gasteiger partial charge in [0.1, 0.15) is 5.75 Å². The quantitative estimate of drug-likeness (QED) is 0.725. The molecule has 0 bridgehead atoms. The van der Waals surface area contributed by atoms with Gasteiger partial charge in [-0.05, 0) is 98.1 Å². The summed E-state index contributed by atoms with van der Waals surface area (Å²) in [5.41, 5.74) is 4.33. The normalized spacial score (nSPS) is 40.2. The second kappa shape index (κ2) is 6.19. The maximum Gasteiger partial charge on any atom is 0.116 e. The molecule has 2 fully saturated rings. The van der Waals surface area contributed by atoms with E-state index in [4.69, 9.17) is 0 Å². The number of halogens is 1. The molecule has 1 aromatic rings. The van der Waals surface area contributed by atoms with E-state index in [-0.39, 0.29) is 30.0 Å². The highest BCUT2D eigenvalue weighted by Crippen LogP contribution is 2.61. The number of aromatic hydroxyl groups is 1. The molecule has 3 aliphatic rings. The molecule has 3 aliphatic carbocycles. The lowest BCUT2D eigenvalue weighted by molar-refractivity contribution is 0.0381. The molecule has 1 aromatic carbocycles. The van der Waals surface area contributed by atoms with Crippen LogP contribution in [0.1, 0.15) is 55.2 Å². The molecule has 0 aromatic heterocycles. The molecule has 0 radical (unpaired) electrons. The number of aryl methyl sites for hydroxylation is 2. The number of aliphatic hydroxyl groups is 1. The van der Waals surface area contributed by atoms with E-state index in [2.05, 4.69) is 19.2 Å². The zero-order valence-corrected chi connectivity index (χ0v) is 15.7. The highest BCUT2D eigenvalue weighted by Gasteiger charge is 2.57. The van der Waals surface area contributed by atoms with Crippen LogP contribution in [-0.2, 0) is 6.42 Å². The molecule has 6 atom stereocenters. The van der Waals surface area contributed by atoms with Gasteiger partial charge in [-0.15, -0.1) is 12.4 Å². The summed E-state index contributed by atoms with van der Waals surface area (Å²) in [6, 6.07) is 4.14. The number of rotatable bonds is 1. The first-order chi connectivity index (χ1) is 11.0. The third-order valence-electron chi connectivity index (χ3n) is 7.35. The van der Waals surface area contributed by atoms with Crippen LogP contribution in [0.25, 0.3) is 0 Å². The summed E-state index contributed by atoms with van der Waals surface area (Å²) in [7, 11) is 2.00. The number of phenols is 1. The lowest BCUT2D eigenvalue weighted by Gasteiger charge is -2.51. The Labute approximate surface area is 151 Å². The lowest BCUT2D eigenvalue weighted by atomic mass is 9.54. The van der Waals surface area contributed by atoms with Crippen molar-refractivity contribution in [2.24, 2.45) is 17.3 Å². The zero-order valence-electron chi connectivity index (χ0n) is 14.9. The summed E-state index contributed by atoms with van der Waals surface area (Å²) in [6.45, 7) is 4.54. The van der Waals surface area contributed by atoms with Crippen molar-refractivity contribution >= 4 is 12.4 Å². The molecule has 24 heavy (non-hydrogen) atoms. The largest absolute Gasteiger partial charge is 0.508 e. The van der Waals surface area contributed by atoms with Gasteiger partial charge in [-0.3, -0.25) is 0 Å². The molecule has 0 saturated heterocycles. The van der Waals surface area contributed by atoms with E-state index in [1.165, 1.54) is 36.0 Å². The first kappa shape index (κ1) is 18.0. The average molecular weight is 352 g/mol. The van der Waals surface area contributed by atoms with E-state index in [9.17, 15) is 10.2 Å². The SMILES string of the molecule is CN[C@H]1[C@H](O)C[C@H]2[C@@H]3CCc4cc(O)cc(C)c4[C@H]3CC[C@@]21C.Cl. The van der Waals surface area contributed by atoms with Crippen molar-refractivity contribution in [3.63, 3.8) is 0 Å². The number of fused-ring (bicyclic) bond motifs is 5. The number of benzene rings is 1. The highest BCUT2D eigenvalue weighted by atomic mass is 35.5. The summed E-state index contributed by atoms with van der Waals surface area (Å²) in [4.78, 5) is 0. The Hall–Kier alpha value is -0.770.